The van der Waals surface area contributed by atoms with E-state index in [2.05, 4.69) is 31.3 Å². The summed E-state index contributed by atoms with van der Waals surface area (Å²) in [5.41, 5.74) is 2.22. The zero-order valence-electron chi connectivity index (χ0n) is 12.9. The van der Waals surface area contributed by atoms with Crippen molar-refractivity contribution in [1.82, 2.24) is 5.32 Å². The Hall–Kier alpha value is -1.22. The summed E-state index contributed by atoms with van der Waals surface area (Å²) >= 11 is 12.4. The smallest absolute Gasteiger partial charge is 0.142 e. The Kier molecular flexibility index (Phi) is 6.56. The Bertz CT molecular complexity index is 602. The molecule has 0 spiro atoms. The molecule has 2 rings (SSSR count). The van der Waals surface area contributed by atoms with Gasteiger partial charge in [-0.2, -0.15) is 0 Å². The molecule has 118 valence electrons. The van der Waals surface area contributed by atoms with Gasteiger partial charge in [-0.3, -0.25) is 0 Å². The lowest BCUT2D eigenvalue weighted by atomic mass is 10.1. The molecule has 22 heavy (non-hydrogen) atoms. The van der Waals surface area contributed by atoms with Crippen LogP contribution in [0.5, 0.6) is 5.75 Å². The molecule has 0 aromatic heterocycles. The Morgan fingerprint density at radius 1 is 1.14 bits per heavy atom. The molecule has 0 radical (unpaired) electrons. The van der Waals surface area contributed by atoms with E-state index >= 15 is 0 Å². The minimum Gasteiger partial charge on any atom is -0.492 e. The predicted octanol–water partition coefficient (Wildman–Crippen LogP) is 5.63. The van der Waals surface area contributed by atoms with Crippen LogP contribution in [0.1, 0.15) is 37.4 Å². The summed E-state index contributed by atoms with van der Waals surface area (Å²) in [5.74, 6) is 0.723. The molecule has 0 fully saturated rings. The molecule has 0 heterocycles. The van der Waals surface area contributed by atoms with Gasteiger partial charge >= 0.3 is 0 Å². The number of rotatable bonds is 7. The summed E-state index contributed by atoms with van der Waals surface area (Å²) in [6.45, 7) is 5.49. The monoisotopic (exact) mass is 337 g/mol. The molecule has 1 atom stereocenters. The fourth-order valence-electron chi connectivity index (χ4n) is 2.23. The standard InChI is InChI=1S/C18H21Cl2NO/c1-3-9-22-18-15(10-16(19)11-17(18)20)12-21-13(2)14-7-5-4-6-8-14/h4-8,10-11,13,21H,3,9,12H2,1-2H3. The topological polar surface area (TPSA) is 21.3 Å². The molecule has 1 N–H and O–H groups in total. The van der Waals surface area contributed by atoms with E-state index in [4.69, 9.17) is 27.9 Å². The van der Waals surface area contributed by atoms with Gasteiger partial charge in [0.15, 0.2) is 0 Å². The van der Waals surface area contributed by atoms with E-state index in [0.29, 0.717) is 23.2 Å². The van der Waals surface area contributed by atoms with E-state index in [1.54, 1.807) is 6.07 Å². The van der Waals surface area contributed by atoms with Crippen molar-refractivity contribution < 1.29 is 4.74 Å². The van der Waals surface area contributed by atoms with Crippen LogP contribution in [0, 0.1) is 0 Å². The highest BCUT2D eigenvalue weighted by Crippen LogP contribution is 2.33. The normalized spacial score (nSPS) is 12.2. The summed E-state index contributed by atoms with van der Waals surface area (Å²) in [5, 5.41) is 4.67. The number of benzene rings is 2. The highest BCUT2D eigenvalue weighted by Gasteiger charge is 2.12. The van der Waals surface area contributed by atoms with Crippen LogP contribution in [0.2, 0.25) is 10.0 Å². The fourth-order valence-corrected chi connectivity index (χ4v) is 2.82. The molecule has 0 saturated heterocycles. The van der Waals surface area contributed by atoms with Gasteiger partial charge in [0.05, 0.1) is 11.6 Å². The zero-order chi connectivity index (χ0) is 15.9. The minimum atomic E-state index is 0.234. The molecular formula is C18H21Cl2NO. The average molecular weight is 338 g/mol. The molecule has 0 aliphatic carbocycles. The van der Waals surface area contributed by atoms with Crippen LogP contribution in [0.25, 0.3) is 0 Å². The lowest BCUT2D eigenvalue weighted by Gasteiger charge is -2.17. The summed E-state index contributed by atoms with van der Waals surface area (Å²) < 4.78 is 5.78. The average Bonchev–Trinajstić information content (AvgIpc) is 2.52. The SMILES string of the molecule is CCCOc1c(Cl)cc(Cl)cc1CNC(C)c1ccccc1. The van der Waals surface area contributed by atoms with Gasteiger partial charge in [-0.15, -0.1) is 0 Å². The number of ether oxygens (including phenoxy) is 1. The highest BCUT2D eigenvalue weighted by molar-refractivity contribution is 6.35. The summed E-state index contributed by atoms with van der Waals surface area (Å²) in [6.07, 6.45) is 0.937. The molecule has 0 bridgehead atoms. The largest absolute Gasteiger partial charge is 0.492 e. The van der Waals surface area contributed by atoms with E-state index < -0.39 is 0 Å². The summed E-state index contributed by atoms with van der Waals surface area (Å²) in [6, 6.07) is 14.2. The van der Waals surface area contributed by atoms with Crippen molar-refractivity contribution in [3.8, 4) is 5.75 Å². The van der Waals surface area contributed by atoms with Gasteiger partial charge in [-0.25, -0.2) is 0 Å². The lowest BCUT2D eigenvalue weighted by molar-refractivity contribution is 0.313. The Morgan fingerprint density at radius 3 is 2.55 bits per heavy atom. The molecule has 2 aromatic rings. The predicted molar refractivity (Wildman–Crippen MR) is 93.9 cm³/mol. The second kappa shape index (κ2) is 8.42. The van der Waals surface area contributed by atoms with Crippen LogP contribution in [-0.2, 0) is 6.54 Å². The number of hydrogen-bond acceptors (Lipinski definition) is 2. The Morgan fingerprint density at radius 2 is 1.86 bits per heavy atom. The summed E-state index contributed by atoms with van der Waals surface area (Å²) in [7, 11) is 0. The van der Waals surface area contributed by atoms with Crippen LogP contribution in [-0.4, -0.2) is 6.61 Å². The first-order valence-electron chi connectivity index (χ1n) is 7.51. The van der Waals surface area contributed by atoms with Gasteiger partial charge in [-0.05, 0) is 31.0 Å². The van der Waals surface area contributed by atoms with Crippen molar-refractivity contribution in [1.29, 1.82) is 0 Å². The van der Waals surface area contributed by atoms with Crippen LogP contribution in [0.4, 0.5) is 0 Å². The van der Waals surface area contributed by atoms with Crippen molar-refractivity contribution >= 4 is 23.2 Å². The van der Waals surface area contributed by atoms with Gasteiger partial charge in [0.1, 0.15) is 5.75 Å². The second-order valence-electron chi connectivity index (χ2n) is 5.24. The lowest BCUT2D eigenvalue weighted by Crippen LogP contribution is -2.18. The van der Waals surface area contributed by atoms with Gasteiger partial charge in [0.25, 0.3) is 0 Å². The minimum absolute atomic E-state index is 0.234. The van der Waals surface area contributed by atoms with E-state index in [9.17, 15) is 0 Å². The maximum Gasteiger partial charge on any atom is 0.142 e. The van der Waals surface area contributed by atoms with Gasteiger partial charge in [0, 0.05) is 23.2 Å². The highest BCUT2D eigenvalue weighted by atomic mass is 35.5. The number of hydrogen-bond donors (Lipinski definition) is 1. The van der Waals surface area contributed by atoms with Crippen molar-refractivity contribution in [2.24, 2.45) is 0 Å². The third-order valence-corrected chi connectivity index (χ3v) is 3.93. The first-order chi connectivity index (χ1) is 10.6. The molecule has 4 heteroatoms. The molecule has 0 amide bonds. The molecule has 0 aliphatic heterocycles. The Labute approximate surface area is 142 Å². The van der Waals surface area contributed by atoms with Crippen molar-refractivity contribution in [3.05, 3.63) is 63.6 Å². The molecule has 2 aromatic carbocycles. The number of nitrogens with one attached hydrogen (secondary N) is 1. The number of halogens is 2. The fraction of sp³-hybridized carbons (Fsp3) is 0.333. The van der Waals surface area contributed by atoms with Crippen molar-refractivity contribution in [2.75, 3.05) is 6.61 Å². The zero-order valence-corrected chi connectivity index (χ0v) is 14.4. The van der Waals surface area contributed by atoms with Crippen LogP contribution < -0.4 is 10.1 Å². The Balaban J connectivity index is 2.11. The summed E-state index contributed by atoms with van der Waals surface area (Å²) in [4.78, 5) is 0. The van der Waals surface area contributed by atoms with E-state index in [0.717, 1.165) is 17.7 Å². The van der Waals surface area contributed by atoms with E-state index in [1.807, 2.05) is 24.3 Å². The maximum atomic E-state index is 6.27. The van der Waals surface area contributed by atoms with Crippen LogP contribution >= 0.6 is 23.2 Å². The third kappa shape index (κ3) is 4.64. The molecule has 1 unspecified atom stereocenters. The first-order valence-corrected chi connectivity index (χ1v) is 8.26. The van der Waals surface area contributed by atoms with Crippen molar-refractivity contribution in [2.45, 2.75) is 32.9 Å². The van der Waals surface area contributed by atoms with Gasteiger partial charge in [0.2, 0.25) is 0 Å². The molecule has 2 nitrogen and oxygen atoms in total. The quantitative estimate of drug-likeness (QED) is 0.706. The molecule has 0 aliphatic rings. The van der Waals surface area contributed by atoms with Crippen LogP contribution in [0.3, 0.4) is 0 Å². The van der Waals surface area contributed by atoms with Crippen LogP contribution in [0.15, 0.2) is 42.5 Å². The van der Waals surface area contributed by atoms with E-state index in [1.165, 1.54) is 5.56 Å². The maximum absolute atomic E-state index is 6.27. The van der Waals surface area contributed by atoms with Gasteiger partial charge in [-0.1, -0.05) is 60.5 Å². The first kappa shape index (κ1) is 17.1. The second-order valence-corrected chi connectivity index (χ2v) is 6.08. The van der Waals surface area contributed by atoms with Gasteiger partial charge < -0.3 is 10.1 Å². The third-order valence-electron chi connectivity index (χ3n) is 3.43. The molecule has 0 saturated carbocycles. The molecular weight excluding hydrogens is 317 g/mol. The van der Waals surface area contributed by atoms with Crippen molar-refractivity contribution in [3.63, 3.8) is 0 Å². The van der Waals surface area contributed by atoms with E-state index in [-0.39, 0.29) is 6.04 Å².